The molecule has 2 aromatic rings. The molecule has 0 atom stereocenters. The third-order valence-electron chi connectivity index (χ3n) is 8.42. The van der Waals surface area contributed by atoms with Crippen molar-refractivity contribution in [3.63, 3.8) is 0 Å². The fourth-order valence-electron chi connectivity index (χ4n) is 6.43. The zero-order chi connectivity index (χ0) is 36.3. The maximum Gasteiger partial charge on any atom is 0.386 e. The smallest absolute Gasteiger partial charge is 0.386 e. The van der Waals surface area contributed by atoms with Crippen molar-refractivity contribution < 1.29 is 44.3 Å². The Labute approximate surface area is 322 Å². The molecule has 53 heavy (non-hydrogen) atoms. The van der Waals surface area contributed by atoms with Gasteiger partial charge in [0.05, 0.1) is 60.9 Å². The molecule has 1 radical (unpaired) electrons. The van der Waals surface area contributed by atoms with E-state index in [0.717, 1.165) is 11.1 Å². The Morgan fingerprint density at radius 1 is 0.472 bits per heavy atom. The summed E-state index contributed by atoms with van der Waals surface area (Å²) in [4.78, 5) is 0. The summed E-state index contributed by atoms with van der Waals surface area (Å²) in [5.74, 6) is 0. The maximum atomic E-state index is 14.7. The molecule has 0 aromatic heterocycles. The first-order valence-corrected chi connectivity index (χ1v) is 20.4. The van der Waals surface area contributed by atoms with Gasteiger partial charge in [0.25, 0.3) is 0 Å². The SMILES string of the molecule is CCOP(=O)(OCC)/C1=C2\C=C[C+]([N-]2)/C(c2ccccc2)=C2/C=C[C+]([N-]2)/C(P(=O)(OCC)OCC)=C2/C=C[C+]([N-]2)/C(c2ccccc2)=C2/C=C[C+]1[N-]2.[Cu]. The number of hydrogen-bond acceptors (Lipinski definition) is 6. The van der Waals surface area contributed by atoms with Crippen molar-refractivity contribution in [3.8, 4) is 0 Å². The summed E-state index contributed by atoms with van der Waals surface area (Å²) in [5.41, 5.74) is 5.07. The van der Waals surface area contributed by atoms with E-state index in [1.54, 1.807) is 52.0 Å². The van der Waals surface area contributed by atoms with E-state index in [1.807, 2.05) is 85.0 Å². The number of nitrogens with zero attached hydrogens (tertiary/aromatic N) is 4. The van der Waals surface area contributed by atoms with Crippen LogP contribution in [0.25, 0.3) is 32.4 Å². The van der Waals surface area contributed by atoms with E-state index >= 15 is 0 Å². The molecule has 7 rings (SSSR count). The van der Waals surface area contributed by atoms with Gasteiger partial charge < -0.3 is 39.4 Å². The van der Waals surface area contributed by atoms with Crippen LogP contribution in [0.3, 0.4) is 0 Å². The topological polar surface area (TPSA) is 127 Å². The van der Waals surface area contributed by atoms with Gasteiger partial charge in [-0.15, -0.1) is 0 Å². The van der Waals surface area contributed by atoms with Crippen molar-refractivity contribution in [2.45, 2.75) is 27.7 Å². The molecule has 0 spiro atoms. The predicted molar refractivity (Wildman–Crippen MR) is 205 cm³/mol. The zero-order valence-corrected chi connectivity index (χ0v) is 32.4. The largest absolute Gasteiger partial charge is 0.542 e. The van der Waals surface area contributed by atoms with Gasteiger partial charge in [-0.25, -0.2) is 0 Å². The second kappa shape index (κ2) is 16.5. The molecule has 0 saturated heterocycles. The van der Waals surface area contributed by atoms with Crippen LogP contribution in [0.4, 0.5) is 0 Å². The van der Waals surface area contributed by atoms with E-state index in [9.17, 15) is 9.13 Å². The van der Waals surface area contributed by atoms with Crippen LogP contribution < -0.4 is 0 Å². The molecule has 0 saturated carbocycles. The molecule has 0 amide bonds. The van der Waals surface area contributed by atoms with Crippen LogP contribution >= 0.6 is 15.2 Å². The fourth-order valence-corrected chi connectivity index (χ4v) is 10.1. The number of fused-ring (bicyclic) bond motifs is 8. The first kappa shape index (κ1) is 38.6. The third-order valence-corrected chi connectivity index (χ3v) is 12.8. The van der Waals surface area contributed by atoms with Gasteiger partial charge in [0.15, 0.2) is 10.6 Å². The number of allylic oxidation sites excluding steroid dienone is 4. The average molecular weight is 796 g/mol. The second-order valence-electron chi connectivity index (χ2n) is 11.7. The molecular weight excluding hydrogens is 758 g/mol. The zero-order valence-electron chi connectivity index (χ0n) is 29.7. The first-order chi connectivity index (χ1) is 25.3. The van der Waals surface area contributed by atoms with Gasteiger partial charge in [-0.3, -0.25) is 9.13 Å². The summed E-state index contributed by atoms with van der Waals surface area (Å²) in [6.07, 6.45) is 14.6. The van der Waals surface area contributed by atoms with E-state index in [0.29, 0.717) is 58.1 Å². The Kier molecular flexibility index (Phi) is 12.0. The van der Waals surface area contributed by atoms with Crippen LogP contribution in [-0.2, 0) is 44.3 Å². The summed E-state index contributed by atoms with van der Waals surface area (Å²) in [5, 5.41) is 20.8. The van der Waals surface area contributed by atoms with Gasteiger partial charge in [-0.05, 0) is 64.0 Å². The quantitative estimate of drug-likeness (QED) is 0.120. The molecule has 0 unspecified atom stereocenters. The molecule has 13 heteroatoms. The van der Waals surface area contributed by atoms with Crippen molar-refractivity contribution >= 4 is 26.3 Å². The van der Waals surface area contributed by atoms with Crippen LogP contribution in [0, 0.1) is 24.2 Å². The van der Waals surface area contributed by atoms with Gasteiger partial charge in [0.2, 0.25) is 0 Å². The van der Waals surface area contributed by atoms with Crippen molar-refractivity contribution in [3.05, 3.63) is 199 Å². The van der Waals surface area contributed by atoms with Gasteiger partial charge in [-0.2, -0.15) is 0 Å². The van der Waals surface area contributed by atoms with E-state index in [1.165, 1.54) is 0 Å². The van der Waals surface area contributed by atoms with Crippen LogP contribution in [0.15, 0.2) is 143 Å². The van der Waals surface area contributed by atoms with Crippen LogP contribution in [0.5, 0.6) is 0 Å². The summed E-state index contributed by atoms with van der Waals surface area (Å²) < 4.78 is 53.1. The molecule has 5 aliphatic heterocycles. The molecule has 5 heterocycles. The summed E-state index contributed by atoms with van der Waals surface area (Å²) >= 11 is 0. The van der Waals surface area contributed by atoms with Gasteiger partial charge in [0.1, 0.15) is 0 Å². The Morgan fingerprint density at radius 2 is 0.774 bits per heavy atom. The van der Waals surface area contributed by atoms with Crippen molar-refractivity contribution in [1.29, 1.82) is 0 Å². The van der Waals surface area contributed by atoms with Gasteiger partial charge in [0, 0.05) is 88.4 Å². The predicted octanol–water partition coefficient (Wildman–Crippen LogP) is 11.7. The first-order valence-electron chi connectivity index (χ1n) is 17.3. The molecule has 0 aliphatic carbocycles. The molecule has 5 aliphatic rings. The third kappa shape index (κ3) is 7.50. The molecule has 275 valence electrons. The summed E-state index contributed by atoms with van der Waals surface area (Å²) in [7, 11) is -7.86. The second-order valence-corrected chi connectivity index (χ2v) is 15.6. The van der Waals surface area contributed by atoms with Crippen LogP contribution in [0.1, 0.15) is 38.8 Å². The minimum atomic E-state index is -3.93. The number of benzene rings is 2. The van der Waals surface area contributed by atoms with E-state index < -0.39 is 15.2 Å². The molecule has 0 fully saturated rings. The van der Waals surface area contributed by atoms with Crippen LogP contribution in [-0.4, -0.2) is 26.4 Å². The average Bonchev–Trinajstić information content (AvgIpc) is 3.97. The Bertz CT molecular complexity index is 1870. The summed E-state index contributed by atoms with van der Waals surface area (Å²) in [6, 6.07) is 21.5. The maximum absolute atomic E-state index is 14.7. The van der Waals surface area contributed by atoms with E-state index in [4.69, 9.17) is 39.4 Å². The Morgan fingerprint density at radius 3 is 1.11 bits per heavy atom. The summed E-state index contributed by atoms with van der Waals surface area (Å²) in [6.45, 7) is 7.70. The monoisotopic (exact) mass is 795 g/mol. The van der Waals surface area contributed by atoms with E-state index in [2.05, 4.69) is 0 Å². The molecular formula is C40H38CuN4O6P2. The fraction of sp³-hybridized carbons (Fsp3) is 0.200. The minimum Gasteiger partial charge on any atom is -0.542 e. The van der Waals surface area contributed by atoms with Gasteiger partial charge in [-0.1, -0.05) is 36.4 Å². The van der Waals surface area contributed by atoms with E-state index in [-0.39, 0.29) is 54.1 Å². The Balaban J connectivity index is 0.00000481. The van der Waals surface area contributed by atoms with Crippen molar-refractivity contribution in [2.24, 2.45) is 0 Å². The molecule has 10 nitrogen and oxygen atoms in total. The number of rotatable bonds is 12. The number of hydrogen-bond donors (Lipinski definition) is 0. The van der Waals surface area contributed by atoms with Crippen molar-refractivity contribution in [1.82, 2.24) is 0 Å². The molecule has 2 aromatic carbocycles. The molecule has 8 bridgehead atoms. The van der Waals surface area contributed by atoms with Gasteiger partial charge >= 0.3 is 15.2 Å². The van der Waals surface area contributed by atoms with Crippen LogP contribution in [0.2, 0.25) is 0 Å². The van der Waals surface area contributed by atoms with Crippen molar-refractivity contribution in [2.75, 3.05) is 26.4 Å². The normalized spacial score (nSPS) is 23.3. The molecule has 0 N–H and O–H groups in total. The Hall–Kier alpha value is -4.14. The minimum absolute atomic E-state index is 0. The standard InChI is InChI=1S/C40H38N4O6P2.Cu/c1-5-47-51(45,48-6-2)39-33-23-19-29(41-33)37(27-15-11-9-12-16-27)31-21-25-35(43-31)40(52(46,49-7-3)50-8-4)36-26-22-32(44-36)38(28-17-13-10-14-18-28)30-20-24-34(39)42-30;/h9-26H,5-8H2,1-4H3;/b37-29-,38-32-,39-34+,40-35+;.